The summed E-state index contributed by atoms with van der Waals surface area (Å²) in [5, 5.41) is 2.74. The highest BCUT2D eigenvalue weighted by Crippen LogP contribution is 2.39. The van der Waals surface area contributed by atoms with E-state index in [9.17, 15) is 14.4 Å². The van der Waals surface area contributed by atoms with Crippen molar-refractivity contribution >= 4 is 23.4 Å². The molecule has 0 saturated heterocycles. The molecule has 2 aromatic carbocycles. The smallest absolute Gasteiger partial charge is 0.257 e. The lowest BCUT2D eigenvalue weighted by Crippen LogP contribution is -2.34. The van der Waals surface area contributed by atoms with Crippen molar-refractivity contribution in [3.8, 4) is 11.5 Å². The Bertz CT molecular complexity index is 1030. The van der Waals surface area contributed by atoms with Gasteiger partial charge in [0.05, 0.1) is 37.4 Å². The number of hydrogen-bond donors (Lipinski definition) is 1. The lowest BCUT2D eigenvalue weighted by molar-refractivity contribution is -0.129. The molecule has 170 valence electrons. The lowest BCUT2D eigenvalue weighted by atomic mass is 10.0. The van der Waals surface area contributed by atoms with Gasteiger partial charge in [0.2, 0.25) is 11.8 Å². The van der Waals surface area contributed by atoms with Gasteiger partial charge in [0, 0.05) is 27.6 Å². The topological polar surface area (TPSA) is 88.2 Å². The number of anilines is 1. The Morgan fingerprint density at radius 3 is 2.56 bits per heavy atom. The van der Waals surface area contributed by atoms with Crippen LogP contribution in [0.3, 0.4) is 0 Å². The summed E-state index contributed by atoms with van der Waals surface area (Å²) in [6.07, 6.45) is 0.111. The van der Waals surface area contributed by atoms with Crippen molar-refractivity contribution in [1.29, 1.82) is 0 Å². The Morgan fingerprint density at radius 1 is 1.19 bits per heavy atom. The third-order valence-corrected chi connectivity index (χ3v) is 5.39. The molecule has 1 aliphatic rings. The first-order valence-electron chi connectivity index (χ1n) is 10.5. The number of nitrogens with zero attached hydrogens (tertiary/aromatic N) is 2. The molecule has 0 bridgehead atoms. The molecule has 0 spiro atoms. The fourth-order valence-electron chi connectivity index (χ4n) is 3.85. The molecule has 3 rings (SSSR count). The Morgan fingerprint density at radius 2 is 1.94 bits per heavy atom. The number of hydrogen-bond acceptors (Lipinski definition) is 5. The molecule has 1 heterocycles. The van der Waals surface area contributed by atoms with Crippen LogP contribution >= 0.6 is 0 Å². The van der Waals surface area contributed by atoms with Crippen LogP contribution in [0.1, 0.15) is 47.8 Å². The van der Waals surface area contributed by atoms with Crippen LogP contribution in [0, 0.1) is 0 Å². The minimum absolute atomic E-state index is 0.102. The molecule has 1 N–H and O–H groups in total. The molecule has 3 amide bonds. The third-order valence-electron chi connectivity index (χ3n) is 5.39. The third kappa shape index (κ3) is 4.69. The van der Waals surface area contributed by atoms with Crippen molar-refractivity contribution < 1.29 is 23.9 Å². The summed E-state index contributed by atoms with van der Waals surface area (Å²) < 4.78 is 11.1. The number of amides is 3. The van der Waals surface area contributed by atoms with Crippen molar-refractivity contribution in [2.75, 3.05) is 33.1 Å². The number of methoxy groups -OCH3 is 1. The molecule has 8 heteroatoms. The SMILES string of the molecule is CCOc1cc([C@@H](CC(=O)N(C)C)N2Cc3cccc(NC(C)=O)c3C2=O)ccc1OC. The normalized spacial score (nSPS) is 13.4. The predicted octanol–water partition coefficient (Wildman–Crippen LogP) is 3.23. The standard InChI is InChI=1S/C24H29N3O5/c1-6-32-21-12-16(10-11-20(21)31-5)19(13-22(29)26(3)4)27-14-17-8-7-9-18(25-15(2)28)23(17)24(27)30/h7-12,19H,6,13-14H2,1-5H3,(H,25,28)/t19-/m1/s1. The molecule has 0 fully saturated rings. The number of fused-ring (bicyclic) bond motifs is 1. The van der Waals surface area contributed by atoms with E-state index in [2.05, 4.69) is 5.32 Å². The Kier molecular flexibility index (Phi) is 7.02. The average Bonchev–Trinajstić information content (AvgIpc) is 3.08. The zero-order valence-electron chi connectivity index (χ0n) is 19.1. The van der Waals surface area contributed by atoms with Gasteiger partial charge in [0.1, 0.15) is 0 Å². The molecule has 0 aliphatic carbocycles. The van der Waals surface area contributed by atoms with Gasteiger partial charge >= 0.3 is 0 Å². The molecule has 1 aliphatic heterocycles. The van der Waals surface area contributed by atoms with Gasteiger partial charge in [0.15, 0.2) is 11.5 Å². The maximum Gasteiger partial charge on any atom is 0.257 e. The van der Waals surface area contributed by atoms with Crippen molar-refractivity contribution in [3.63, 3.8) is 0 Å². The number of carbonyl (C=O) groups is 3. The zero-order valence-corrected chi connectivity index (χ0v) is 19.1. The second kappa shape index (κ2) is 9.72. The van der Waals surface area contributed by atoms with E-state index in [0.717, 1.165) is 11.1 Å². The quantitative estimate of drug-likeness (QED) is 0.682. The van der Waals surface area contributed by atoms with E-state index in [0.29, 0.717) is 35.9 Å². The van der Waals surface area contributed by atoms with Crippen LogP contribution in [0.25, 0.3) is 0 Å². The molecule has 8 nitrogen and oxygen atoms in total. The monoisotopic (exact) mass is 439 g/mol. The molecule has 0 unspecified atom stereocenters. The van der Waals surface area contributed by atoms with Gasteiger partial charge in [-0.1, -0.05) is 18.2 Å². The van der Waals surface area contributed by atoms with Crippen LogP contribution in [0.15, 0.2) is 36.4 Å². The minimum atomic E-state index is -0.514. The van der Waals surface area contributed by atoms with Crippen LogP contribution < -0.4 is 14.8 Å². The molecule has 2 aromatic rings. The molecule has 0 radical (unpaired) electrons. The van der Waals surface area contributed by atoms with Crippen LogP contribution in [-0.4, -0.2) is 55.3 Å². The molecule has 1 atom stereocenters. The van der Waals surface area contributed by atoms with Crippen LogP contribution in [0.2, 0.25) is 0 Å². The van der Waals surface area contributed by atoms with Gasteiger partial charge < -0.3 is 24.6 Å². The molecular weight excluding hydrogens is 410 g/mol. The number of rotatable bonds is 8. The first-order chi connectivity index (χ1) is 15.3. The van der Waals surface area contributed by atoms with Gasteiger partial charge in [-0.25, -0.2) is 0 Å². The molecule has 0 saturated carbocycles. The van der Waals surface area contributed by atoms with Crippen LogP contribution in [0.4, 0.5) is 5.69 Å². The van der Waals surface area contributed by atoms with E-state index in [1.807, 2.05) is 25.1 Å². The number of ether oxygens (including phenoxy) is 2. The van der Waals surface area contributed by atoms with Gasteiger partial charge in [-0.05, 0) is 36.2 Å². The van der Waals surface area contributed by atoms with Crippen LogP contribution in [0.5, 0.6) is 11.5 Å². The molecule has 0 aromatic heterocycles. The molecule has 32 heavy (non-hydrogen) atoms. The van der Waals surface area contributed by atoms with Crippen molar-refractivity contribution in [2.45, 2.75) is 32.9 Å². The summed E-state index contributed by atoms with van der Waals surface area (Å²) >= 11 is 0. The summed E-state index contributed by atoms with van der Waals surface area (Å²) in [7, 11) is 4.94. The second-order valence-corrected chi connectivity index (χ2v) is 7.81. The maximum absolute atomic E-state index is 13.5. The Labute approximate surface area is 188 Å². The largest absolute Gasteiger partial charge is 0.493 e. The van der Waals surface area contributed by atoms with Crippen molar-refractivity contribution in [2.24, 2.45) is 0 Å². The van der Waals surface area contributed by atoms with Gasteiger partial charge in [-0.2, -0.15) is 0 Å². The second-order valence-electron chi connectivity index (χ2n) is 7.81. The van der Waals surface area contributed by atoms with Gasteiger partial charge in [-0.3, -0.25) is 14.4 Å². The maximum atomic E-state index is 13.5. The summed E-state index contributed by atoms with van der Waals surface area (Å²) in [6.45, 7) is 4.07. The van der Waals surface area contributed by atoms with Crippen molar-refractivity contribution in [1.82, 2.24) is 9.80 Å². The Balaban J connectivity index is 2.04. The van der Waals surface area contributed by atoms with Crippen molar-refractivity contribution in [3.05, 3.63) is 53.1 Å². The van der Waals surface area contributed by atoms with E-state index in [1.165, 1.54) is 11.8 Å². The Hall–Kier alpha value is -3.55. The fourth-order valence-corrected chi connectivity index (χ4v) is 3.85. The van der Waals surface area contributed by atoms with Crippen LogP contribution in [-0.2, 0) is 16.1 Å². The van der Waals surface area contributed by atoms with Gasteiger partial charge in [0.25, 0.3) is 5.91 Å². The summed E-state index contributed by atoms with van der Waals surface area (Å²) in [5.74, 6) is 0.556. The van der Waals surface area contributed by atoms with E-state index in [-0.39, 0.29) is 24.1 Å². The van der Waals surface area contributed by atoms with E-state index in [4.69, 9.17) is 9.47 Å². The highest BCUT2D eigenvalue weighted by atomic mass is 16.5. The lowest BCUT2D eigenvalue weighted by Gasteiger charge is -2.29. The highest BCUT2D eigenvalue weighted by Gasteiger charge is 2.37. The van der Waals surface area contributed by atoms with E-state index >= 15 is 0 Å². The summed E-state index contributed by atoms with van der Waals surface area (Å²) in [5.41, 5.74) is 2.52. The number of carbonyl (C=O) groups excluding carboxylic acids is 3. The zero-order chi connectivity index (χ0) is 23.4. The number of benzene rings is 2. The first kappa shape index (κ1) is 23.1. The highest BCUT2D eigenvalue weighted by molar-refractivity contribution is 6.06. The summed E-state index contributed by atoms with van der Waals surface area (Å²) in [6, 6.07) is 10.3. The predicted molar refractivity (Wildman–Crippen MR) is 121 cm³/mol. The van der Waals surface area contributed by atoms with Gasteiger partial charge in [-0.15, -0.1) is 0 Å². The number of nitrogens with one attached hydrogen (secondary N) is 1. The summed E-state index contributed by atoms with van der Waals surface area (Å²) in [4.78, 5) is 41.0. The van der Waals surface area contributed by atoms with E-state index < -0.39 is 6.04 Å². The minimum Gasteiger partial charge on any atom is -0.493 e. The first-order valence-corrected chi connectivity index (χ1v) is 10.5. The van der Waals surface area contributed by atoms with E-state index in [1.54, 1.807) is 44.3 Å². The fraction of sp³-hybridized carbons (Fsp3) is 0.375. The average molecular weight is 440 g/mol. The molecular formula is C24H29N3O5.